The first-order chi connectivity index (χ1) is 17.1. The third kappa shape index (κ3) is 4.88. The average Bonchev–Trinajstić information content (AvgIpc) is 3.18. The van der Waals surface area contributed by atoms with Gasteiger partial charge in [-0.1, -0.05) is 13.8 Å². The van der Waals surface area contributed by atoms with Crippen LogP contribution in [0.25, 0.3) is 16.7 Å². The summed E-state index contributed by atoms with van der Waals surface area (Å²) in [5.41, 5.74) is 1.59. The van der Waals surface area contributed by atoms with Crippen molar-refractivity contribution < 1.29 is 33.0 Å². The summed E-state index contributed by atoms with van der Waals surface area (Å²) in [5.74, 6) is -0.440. The van der Waals surface area contributed by atoms with Gasteiger partial charge in [-0.3, -0.25) is 4.79 Å². The third-order valence-electron chi connectivity index (χ3n) is 5.75. The van der Waals surface area contributed by atoms with Gasteiger partial charge in [0.2, 0.25) is 0 Å². The quantitative estimate of drug-likeness (QED) is 0.497. The number of benzene rings is 2. The maximum Gasteiger partial charge on any atom is 0.513 e. The maximum absolute atomic E-state index is 13.4. The minimum Gasteiger partial charge on any atom is -0.434 e. The molecule has 3 aromatic rings. The van der Waals surface area contributed by atoms with Gasteiger partial charge in [0.1, 0.15) is 11.6 Å². The van der Waals surface area contributed by atoms with Gasteiger partial charge in [-0.15, -0.1) is 0 Å². The van der Waals surface area contributed by atoms with E-state index in [0.717, 1.165) is 10.9 Å². The van der Waals surface area contributed by atoms with Crippen LogP contribution < -0.4 is 10.1 Å². The van der Waals surface area contributed by atoms with Gasteiger partial charge in [0.15, 0.2) is 5.76 Å². The Bertz CT molecular complexity index is 1360. The fourth-order valence-electron chi connectivity index (χ4n) is 4.25. The summed E-state index contributed by atoms with van der Waals surface area (Å²) in [6.07, 6.45) is -0.0945. The molecule has 2 heterocycles. The Labute approximate surface area is 206 Å². The monoisotopic (exact) mass is 495 g/mol. The number of halogens is 1. The molecule has 1 aliphatic heterocycles. The number of aromatic amines is 1. The summed E-state index contributed by atoms with van der Waals surface area (Å²) >= 11 is 0. The Kier molecular flexibility index (Phi) is 6.69. The molecule has 4 rings (SSSR count). The molecule has 0 saturated heterocycles. The van der Waals surface area contributed by atoms with Crippen LogP contribution in [0.1, 0.15) is 42.4 Å². The first kappa shape index (κ1) is 24.8. The number of carbonyl (C=O) groups excluding carboxylic acids is 3. The normalized spacial score (nSPS) is 14.4. The van der Waals surface area contributed by atoms with Crippen molar-refractivity contribution in [2.45, 2.75) is 26.2 Å². The Morgan fingerprint density at radius 3 is 2.50 bits per heavy atom. The molecule has 1 aromatic heterocycles. The van der Waals surface area contributed by atoms with Crippen LogP contribution >= 0.6 is 0 Å². The zero-order chi connectivity index (χ0) is 26.0. The van der Waals surface area contributed by atoms with E-state index in [0.29, 0.717) is 17.0 Å². The van der Waals surface area contributed by atoms with E-state index in [1.54, 1.807) is 25.1 Å². The molecule has 0 fully saturated rings. The maximum atomic E-state index is 13.4. The van der Waals surface area contributed by atoms with E-state index in [-0.39, 0.29) is 30.4 Å². The Morgan fingerprint density at radius 2 is 1.83 bits per heavy atom. The summed E-state index contributed by atoms with van der Waals surface area (Å²) in [7, 11) is 1.46. The third-order valence-corrected chi connectivity index (χ3v) is 5.75. The van der Waals surface area contributed by atoms with Crippen molar-refractivity contribution in [3.8, 4) is 5.75 Å². The number of aromatic nitrogens is 1. The Hall–Kier alpha value is -4.34. The molecule has 10 heteroatoms. The highest BCUT2D eigenvalue weighted by Crippen LogP contribution is 2.41. The van der Waals surface area contributed by atoms with E-state index in [2.05, 4.69) is 10.3 Å². The number of ether oxygens (including phenoxy) is 3. The highest BCUT2D eigenvalue weighted by Gasteiger charge is 2.37. The number of amides is 2. The minimum atomic E-state index is -0.925. The van der Waals surface area contributed by atoms with Gasteiger partial charge >= 0.3 is 12.2 Å². The number of rotatable bonds is 4. The summed E-state index contributed by atoms with van der Waals surface area (Å²) in [6, 6.07) is 10.3. The number of hydrogen-bond acceptors (Lipinski definition) is 6. The molecule has 36 heavy (non-hydrogen) atoms. The van der Waals surface area contributed by atoms with Gasteiger partial charge in [0, 0.05) is 41.5 Å². The SMILES string of the molecule is CCOC(=O)OC1=CN(C(=O)c2ccc(F)cc2)CC(C)(C)c2c1[nH]c1cc(OC(=O)NC)ccc21. The predicted molar refractivity (Wildman–Crippen MR) is 130 cm³/mol. The van der Waals surface area contributed by atoms with E-state index < -0.39 is 23.5 Å². The number of nitrogens with one attached hydrogen (secondary N) is 2. The van der Waals surface area contributed by atoms with Crippen molar-refractivity contribution in [1.82, 2.24) is 15.2 Å². The van der Waals surface area contributed by atoms with Gasteiger partial charge in [-0.25, -0.2) is 14.0 Å². The molecule has 9 nitrogen and oxygen atoms in total. The van der Waals surface area contributed by atoms with E-state index in [1.807, 2.05) is 13.8 Å². The zero-order valence-electron chi connectivity index (χ0n) is 20.3. The second kappa shape index (κ2) is 9.73. The Balaban J connectivity index is 1.83. The summed E-state index contributed by atoms with van der Waals surface area (Å²) in [6.45, 7) is 5.91. The van der Waals surface area contributed by atoms with Crippen LogP contribution in [0.5, 0.6) is 5.75 Å². The molecule has 0 radical (unpaired) electrons. The van der Waals surface area contributed by atoms with E-state index in [1.165, 1.54) is 42.4 Å². The lowest BCUT2D eigenvalue weighted by molar-refractivity contribution is 0.0788. The van der Waals surface area contributed by atoms with Gasteiger partial charge in [0.25, 0.3) is 5.91 Å². The lowest BCUT2D eigenvalue weighted by Crippen LogP contribution is -2.36. The molecular formula is C26H26FN3O6. The minimum absolute atomic E-state index is 0.0782. The van der Waals surface area contributed by atoms with Crippen LogP contribution in [-0.2, 0) is 14.9 Å². The van der Waals surface area contributed by atoms with Crippen LogP contribution in [0.2, 0.25) is 0 Å². The molecule has 0 spiro atoms. The lowest BCUT2D eigenvalue weighted by Gasteiger charge is -2.29. The molecule has 0 saturated carbocycles. The smallest absolute Gasteiger partial charge is 0.434 e. The molecule has 0 aliphatic carbocycles. The number of carbonyl (C=O) groups is 3. The second-order valence-electron chi connectivity index (χ2n) is 8.82. The summed E-state index contributed by atoms with van der Waals surface area (Å²) in [5, 5.41) is 3.19. The highest BCUT2D eigenvalue weighted by atomic mass is 19.1. The van der Waals surface area contributed by atoms with Crippen LogP contribution in [0.4, 0.5) is 14.0 Å². The number of H-pyrrole nitrogens is 1. The topological polar surface area (TPSA) is 110 Å². The summed E-state index contributed by atoms with van der Waals surface area (Å²) < 4.78 is 29.2. The van der Waals surface area contributed by atoms with Gasteiger partial charge in [0.05, 0.1) is 18.5 Å². The molecule has 2 N–H and O–H groups in total. The van der Waals surface area contributed by atoms with E-state index in [9.17, 15) is 18.8 Å². The number of fused-ring (bicyclic) bond motifs is 3. The van der Waals surface area contributed by atoms with Gasteiger partial charge in [-0.2, -0.15) is 0 Å². The van der Waals surface area contributed by atoms with Gasteiger partial charge in [-0.05, 0) is 48.9 Å². The molecule has 1 aliphatic rings. The largest absolute Gasteiger partial charge is 0.513 e. The zero-order valence-corrected chi connectivity index (χ0v) is 20.3. The standard InChI is InChI=1S/C26H26FN3O6/c1-5-34-25(33)36-20-13-30(23(31)15-6-8-16(27)9-7-15)14-26(2,3)21-18-11-10-17(35-24(32)28-4)12-19(18)29-22(20)21/h6-13,29H,5,14H2,1-4H3,(H,28,32). The van der Waals surface area contributed by atoms with E-state index >= 15 is 0 Å². The lowest BCUT2D eigenvalue weighted by atomic mass is 9.82. The Morgan fingerprint density at radius 1 is 1.11 bits per heavy atom. The van der Waals surface area contributed by atoms with Crippen molar-refractivity contribution >= 4 is 34.8 Å². The van der Waals surface area contributed by atoms with Crippen molar-refractivity contribution in [2.24, 2.45) is 0 Å². The molecule has 0 bridgehead atoms. The molecule has 188 valence electrons. The van der Waals surface area contributed by atoms with E-state index in [4.69, 9.17) is 14.2 Å². The molecule has 0 atom stereocenters. The molecule has 2 aromatic carbocycles. The van der Waals surface area contributed by atoms with Crippen molar-refractivity contribution in [3.05, 3.63) is 71.3 Å². The second-order valence-corrected chi connectivity index (χ2v) is 8.82. The fourth-order valence-corrected chi connectivity index (χ4v) is 4.25. The highest BCUT2D eigenvalue weighted by molar-refractivity contribution is 5.97. The first-order valence-corrected chi connectivity index (χ1v) is 11.3. The average molecular weight is 496 g/mol. The van der Waals surface area contributed by atoms with Crippen molar-refractivity contribution in [3.63, 3.8) is 0 Å². The predicted octanol–water partition coefficient (Wildman–Crippen LogP) is 4.93. The van der Waals surface area contributed by atoms with Crippen LogP contribution in [-0.4, -0.2) is 48.2 Å². The van der Waals surface area contributed by atoms with Crippen LogP contribution in [0.15, 0.2) is 48.7 Å². The molecule has 0 unspecified atom stereocenters. The fraction of sp³-hybridized carbons (Fsp3) is 0.269. The number of nitrogens with zero attached hydrogens (tertiary/aromatic N) is 1. The number of hydrogen-bond donors (Lipinski definition) is 2. The molecule has 2 amide bonds. The van der Waals surface area contributed by atoms with Gasteiger partial charge < -0.3 is 29.4 Å². The van der Waals surface area contributed by atoms with Crippen molar-refractivity contribution in [1.29, 1.82) is 0 Å². The van der Waals surface area contributed by atoms with Crippen LogP contribution in [0.3, 0.4) is 0 Å². The first-order valence-electron chi connectivity index (χ1n) is 11.3. The van der Waals surface area contributed by atoms with Crippen LogP contribution in [0, 0.1) is 5.82 Å². The van der Waals surface area contributed by atoms with Crippen molar-refractivity contribution in [2.75, 3.05) is 20.2 Å². The molecular weight excluding hydrogens is 469 g/mol. The summed E-state index contributed by atoms with van der Waals surface area (Å²) in [4.78, 5) is 42.0.